The van der Waals surface area contributed by atoms with E-state index in [2.05, 4.69) is 4.98 Å². The fourth-order valence-corrected chi connectivity index (χ4v) is 2.32. The molecule has 4 heteroatoms. The Balaban J connectivity index is 2.17. The SMILES string of the molecule is COc1ccc(N)c(C(=O)c2cccc3cnccc23)c1. The number of hydrogen-bond acceptors (Lipinski definition) is 4. The Bertz CT molecular complexity index is 823. The van der Waals surface area contributed by atoms with Crippen molar-refractivity contribution >= 4 is 22.2 Å². The predicted octanol–water partition coefficient (Wildman–Crippen LogP) is 3.06. The highest BCUT2D eigenvalue weighted by atomic mass is 16.5. The van der Waals surface area contributed by atoms with Crippen molar-refractivity contribution in [1.29, 1.82) is 0 Å². The van der Waals surface area contributed by atoms with Gasteiger partial charge in [0.1, 0.15) is 5.75 Å². The molecule has 0 bridgehead atoms. The summed E-state index contributed by atoms with van der Waals surface area (Å²) in [6.45, 7) is 0. The van der Waals surface area contributed by atoms with E-state index in [1.807, 2.05) is 18.2 Å². The molecule has 0 spiro atoms. The molecule has 0 amide bonds. The van der Waals surface area contributed by atoms with E-state index in [0.29, 0.717) is 22.6 Å². The number of nitrogen functional groups attached to an aromatic ring is 1. The van der Waals surface area contributed by atoms with Crippen LogP contribution in [0.1, 0.15) is 15.9 Å². The second kappa shape index (κ2) is 5.25. The maximum Gasteiger partial charge on any atom is 0.195 e. The lowest BCUT2D eigenvalue weighted by atomic mass is 9.97. The molecular weight excluding hydrogens is 264 g/mol. The highest BCUT2D eigenvalue weighted by Gasteiger charge is 2.15. The molecule has 4 nitrogen and oxygen atoms in total. The third-order valence-corrected chi connectivity index (χ3v) is 3.43. The number of fused-ring (bicyclic) bond motifs is 1. The molecule has 0 fully saturated rings. The minimum atomic E-state index is -0.122. The lowest BCUT2D eigenvalue weighted by Crippen LogP contribution is -2.06. The van der Waals surface area contributed by atoms with Crippen molar-refractivity contribution in [2.75, 3.05) is 12.8 Å². The number of rotatable bonds is 3. The van der Waals surface area contributed by atoms with E-state index in [1.165, 1.54) is 0 Å². The van der Waals surface area contributed by atoms with Gasteiger partial charge in [-0.2, -0.15) is 0 Å². The Hall–Kier alpha value is -2.88. The molecule has 1 heterocycles. The second-order valence-electron chi connectivity index (χ2n) is 4.68. The van der Waals surface area contributed by atoms with Crippen molar-refractivity contribution < 1.29 is 9.53 Å². The number of aromatic nitrogens is 1. The summed E-state index contributed by atoms with van der Waals surface area (Å²) in [6, 6.07) is 12.5. The normalized spacial score (nSPS) is 10.5. The van der Waals surface area contributed by atoms with Crippen molar-refractivity contribution in [1.82, 2.24) is 4.98 Å². The molecule has 2 N–H and O–H groups in total. The first-order valence-corrected chi connectivity index (χ1v) is 6.51. The van der Waals surface area contributed by atoms with Crippen LogP contribution in [0, 0.1) is 0 Å². The number of hydrogen-bond donors (Lipinski definition) is 1. The van der Waals surface area contributed by atoms with E-state index < -0.39 is 0 Å². The number of anilines is 1. The molecule has 0 radical (unpaired) electrons. The van der Waals surface area contributed by atoms with Gasteiger partial charge in [-0.25, -0.2) is 0 Å². The molecule has 2 aromatic carbocycles. The first-order chi connectivity index (χ1) is 10.2. The Morgan fingerprint density at radius 3 is 2.81 bits per heavy atom. The monoisotopic (exact) mass is 278 g/mol. The zero-order chi connectivity index (χ0) is 14.8. The quantitative estimate of drug-likeness (QED) is 0.590. The standard InChI is InChI=1S/C17H14N2O2/c1-21-12-5-6-16(18)15(9-12)17(20)14-4-2-3-11-10-19-8-7-13(11)14/h2-10H,18H2,1H3. The van der Waals surface area contributed by atoms with Crippen LogP contribution in [-0.2, 0) is 0 Å². The van der Waals surface area contributed by atoms with Gasteiger partial charge in [-0.3, -0.25) is 9.78 Å². The number of nitrogens with two attached hydrogens (primary N) is 1. The molecule has 0 aliphatic carbocycles. The highest BCUT2D eigenvalue weighted by molar-refractivity contribution is 6.18. The van der Waals surface area contributed by atoms with E-state index in [0.717, 1.165) is 10.8 Å². The van der Waals surface area contributed by atoms with Crippen LogP contribution in [0.2, 0.25) is 0 Å². The molecule has 0 aliphatic rings. The third-order valence-electron chi connectivity index (χ3n) is 3.43. The molecule has 104 valence electrons. The minimum Gasteiger partial charge on any atom is -0.497 e. The highest BCUT2D eigenvalue weighted by Crippen LogP contribution is 2.26. The summed E-state index contributed by atoms with van der Waals surface area (Å²) in [5.74, 6) is 0.484. The number of benzene rings is 2. The van der Waals surface area contributed by atoms with Crippen molar-refractivity contribution in [3.05, 3.63) is 66.0 Å². The first-order valence-electron chi connectivity index (χ1n) is 6.51. The predicted molar refractivity (Wildman–Crippen MR) is 82.6 cm³/mol. The zero-order valence-corrected chi connectivity index (χ0v) is 11.5. The summed E-state index contributed by atoms with van der Waals surface area (Å²) in [5.41, 5.74) is 7.42. The molecule has 0 unspecified atom stereocenters. The van der Waals surface area contributed by atoms with E-state index >= 15 is 0 Å². The van der Waals surface area contributed by atoms with Crippen molar-refractivity contribution in [2.45, 2.75) is 0 Å². The number of carbonyl (C=O) groups excluding carboxylic acids is 1. The number of ketones is 1. The topological polar surface area (TPSA) is 65.2 Å². The van der Waals surface area contributed by atoms with Gasteiger partial charge in [-0.15, -0.1) is 0 Å². The summed E-state index contributed by atoms with van der Waals surface area (Å²) in [4.78, 5) is 16.9. The molecule has 1 aromatic heterocycles. The lowest BCUT2D eigenvalue weighted by molar-refractivity contribution is 0.104. The van der Waals surface area contributed by atoms with Crippen LogP contribution in [0.25, 0.3) is 10.8 Å². The summed E-state index contributed by atoms with van der Waals surface area (Å²) in [6.07, 6.45) is 3.41. The third kappa shape index (κ3) is 2.31. The molecule has 0 saturated carbocycles. The molecule has 0 saturated heterocycles. The number of methoxy groups -OCH3 is 1. The van der Waals surface area contributed by atoms with E-state index in [1.54, 1.807) is 43.8 Å². The van der Waals surface area contributed by atoms with Gasteiger partial charge in [0.15, 0.2) is 5.78 Å². The average molecular weight is 278 g/mol. The van der Waals surface area contributed by atoms with E-state index in [-0.39, 0.29) is 5.78 Å². The zero-order valence-electron chi connectivity index (χ0n) is 11.5. The van der Waals surface area contributed by atoms with Gasteiger partial charge in [-0.05, 0) is 29.7 Å². The van der Waals surface area contributed by atoms with Crippen LogP contribution < -0.4 is 10.5 Å². The fourth-order valence-electron chi connectivity index (χ4n) is 2.32. The Labute approximate surface area is 122 Å². The Morgan fingerprint density at radius 2 is 2.00 bits per heavy atom. The van der Waals surface area contributed by atoms with Gasteiger partial charge in [0, 0.05) is 34.6 Å². The van der Waals surface area contributed by atoms with Crippen LogP contribution in [0.4, 0.5) is 5.69 Å². The largest absolute Gasteiger partial charge is 0.497 e. The first kappa shape index (κ1) is 13.1. The summed E-state index contributed by atoms with van der Waals surface area (Å²) >= 11 is 0. The molecular formula is C17H14N2O2. The Kier molecular flexibility index (Phi) is 3.28. The van der Waals surface area contributed by atoms with Crippen LogP contribution >= 0.6 is 0 Å². The molecule has 3 rings (SSSR count). The van der Waals surface area contributed by atoms with Gasteiger partial charge >= 0.3 is 0 Å². The van der Waals surface area contributed by atoms with Crippen molar-refractivity contribution in [2.24, 2.45) is 0 Å². The molecule has 21 heavy (non-hydrogen) atoms. The van der Waals surface area contributed by atoms with Crippen LogP contribution in [0.3, 0.4) is 0 Å². The fraction of sp³-hybridized carbons (Fsp3) is 0.0588. The lowest BCUT2D eigenvalue weighted by Gasteiger charge is -2.09. The van der Waals surface area contributed by atoms with Gasteiger partial charge < -0.3 is 10.5 Å². The number of ether oxygens (including phenoxy) is 1. The average Bonchev–Trinajstić information content (AvgIpc) is 2.54. The molecule has 0 atom stereocenters. The van der Waals surface area contributed by atoms with E-state index in [9.17, 15) is 4.79 Å². The van der Waals surface area contributed by atoms with Crippen molar-refractivity contribution in [3.8, 4) is 5.75 Å². The summed E-state index contributed by atoms with van der Waals surface area (Å²) in [7, 11) is 1.56. The molecule has 3 aromatic rings. The smallest absolute Gasteiger partial charge is 0.195 e. The van der Waals surface area contributed by atoms with Gasteiger partial charge in [0.25, 0.3) is 0 Å². The Morgan fingerprint density at radius 1 is 1.14 bits per heavy atom. The van der Waals surface area contributed by atoms with Crippen molar-refractivity contribution in [3.63, 3.8) is 0 Å². The summed E-state index contributed by atoms with van der Waals surface area (Å²) in [5, 5.41) is 1.78. The molecule has 0 aliphatic heterocycles. The van der Waals surface area contributed by atoms with Crippen LogP contribution in [0.5, 0.6) is 5.75 Å². The van der Waals surface area contributed by atoms with Gasteiger partial charge in [0.05, 0.1) is 7.11 Å². The maximum absolute atomic E-state index is 12.8. The van der Waals surface area contributed by atoms with Crippen LogP contribution in [-0.4, -0.2) is 17.9 Å². The minimum absolute atomic E-state index is 0.122. The number of nitrogens with zero attached hydrogens (tertiary/aromatic N) is 1. The second-order valence-corrected chi connectivity index (χ2v) is 4.68. The maximum atomic E-state index is 12.8. The van der Waals surface area contributed by atoms with Gasteiger partial charge in [0.2, 0.25) is 0 Å². The van der Waals surface area contributed by atoms with E-state index in [4.69, 9.17) is 10.5 Å². The number of pyridine rings is 1. The summed E-state index contributed by atoms with van der Waals surface area (Å²) < 4.78 is 5.17. The number of carbonyl (C=O) groups is 1. The van der Waals surface area contributed by atoms with Gasteiger partial charge in [-0.1, -0.05) is 18.2 Å². The van der Waals surface area contributed by atoms with Crippen LogP contribution in [0.15, 0.2) is 54.9 Å².